The van der Waals surface area contributed by atoms with E-state index in [2.05, 4.69) is 15.0 Å². The van der Waals surface area contributed by atoms with E-state index in [0.717, 1.165) is 5.56 Å². The van der Waals surface area contributed by atoms with Crippen LogP contribution in [0.2, 0.25) is 0 Å². The van der Waals surface area contributed by atoms with Gasteiger partial charge < -0.3 is 20.3 Å². The highest BCUT2D eigenvalue weighted by Crippen LogP contribution is 2.38. The Labute approximate surface area is 225 Å². The van der Waals surface area contributed by atoms with Crippen molar-refractivity contribution in [2.45, 2.75) is 31.9 Å². The van der Waals surface area contributed by atoms with Crippen molar-refractivity contribution in [1.82, 2.24) is 24.3 Å². The number of hydrogen-bond acceptors (Lipinski definition) is 7. The number of halogens is 4. The van der Waals surface area contributed by atoms with Crippen LogP contribution in [0.15, 0.2) is 48.4 Å². The predicted octanol–water partition coefficient (Wildman–Crippen LogP) is 4.51. The zero-order valence-electron chi connectivity index (χ0n) is 21.7. The minimum atomic E-state index is -3.65. The maximum Gasteiger partial charge on any atom is 0.291 e. The average molecular weight is 556 g/mol. The molecule has 1 saturated heterocycles. The van der Waals surface area contributed by atoms with Gasteiger partial charge in [0.1, 0.15) is 17.2 Å². The molecule has 0 bridgehead atoms. The van der Waals surface area contributed by atoms with Gasteiger partial charge in [-0.25, -0.2) is 15.0 Å². The van der Waals surface area contributed by atoms with Crippen LogP contribution in [0.3, 0.4) is 0 Å². The van der Waals surface area contributed by atoms with Gasteiger partial charge in [-0.1, -0.05) is 6.07 Å². The van der Waals surface area contributed by atoms with E-state index in [0.29, 0.717) is 39.2 Å². The van der Waals surface area contributed by atoms with E-state index >= 15 is 0 Å². The molecule has 1 amide bonds. The lowest BCUT2D eigenvalue weighted by Crippen LogP contribution is -2.45. The second-order valence-corrected chi connectivity index (χ2v) is 10.1. The number of likely N-dealkylation sites (N-methyl/N-ethyl adjacent to an activating group) is 1. The summed E-state index contributed by atoms with van der Waals surface area (Å²) in [5.74, 6) is -3.32. The van der Waals surface area contributed by atoms with Gasteiger partial charge in [0.2, 0.25) is 0 Å². The van der Waals surface area contributed by atoms with Crippen LogP contribution in [0.5, 0.6) is 0 Å². The van der Waals surface area contributed by atoms with Crippen LogP contribution in [0.25, 0.3) is 16.6 Å². The molecule has 4 aromatic rings. The topological polar surface area (TPSA) is 102 Å². The third-order valence-corrected chi connectivity index (χ3v) is 7.62. The van der Waals surface area contributed by atoms with Crippen molar-refractivity contribution < 1.29 is 27.1 Å². The summed E-state index contributed by atoms with van der Waals surface area (Å²) in [4.78, 5) is 29.7. The van der Waals surface area contributed by atoms with Crippen LogP contribution in [0, 0.1) is 6.92 Å². The Morgan fingerprint density at radius 2 is 2.00 bits per heavy atom. The normalized spacial score (nSPS) is 18.7. The van der Waals surface area contributed by atoms with Crippen molar-refractivity contribution in [3.63, 3.8) is 0 Å². The van der Waals surface area contributed by atoms with Gasteiger partial charge in [-0.05, 0) is 37.1 Å². The van der Waals surface area contributed by atoms with Gasteiger partial charge in [-0.3, -0.25) is 9.20 Å². The Bertz CT molecular complexity index is 1700. The molecule has 13 heteroatoms. The number of anilines is 2. The number of rotatable bonds is 3. The molecule has 2 N–H and O–H groups in total. The van der Waals surface area contributed by atoms with Gasteiger partial charge in [0.25, 0.3) is 17.9 Å². The zero-order valence-corrected chi connectivity index (χ0v) is 21.7. The van der Waals surface area contributed by atoms with Crippen LogP contribution >= 0.6 is 0 Å². The number of carbonyl (C=O) groups excluding carboxylic acids is 1. The number of aromatic nitrogens is 4. The van der Waals surface area contributed by atoms with Crippen molar-refractivity contribution in [3.05, 3.63) is 70.8 Å². The first-order valence-corrected chi connectivity index (χ1v) is 12.6. The van der Waals surface area contributed by atoms with E-state index in [1.54, 1.807) is 53.1 Å². The summed E-state index contributed by atoms with van der Waals surface area (Å²) >= 11 is 0. The number of aryl methyl sites for hydroxylation is 1. The number of nitrogens with zero attached hydrogens (tertiary/aromatic N) is 6. The van der Waals surface area contributed by atoms with Gasteiger partial charge >= 0.3 is 0 Å². The summed E-state index contributed by atoms with van der Waals surface area (Å²) in [5, 5.41) is 0. The first kappa shape index (κ1) is 26.0. The van der Waals surface area contributed by atoms with Gasteiger partial charge in [-0.2, -0.15) is 17.6 Å². The minimum absolute atomic E-state index is 0.0113. The molecule has 1 atom stereocenters. The number of benzene rings is 1. The first-order valence-electron chi connectivity index (χ1n) is 12.6. The number of alkyl halides is 2. The van der Waals surface area contributed by atoms with Gasteiger partial charge in [-0.15, -0.1) is 0 Å². The van der Waals surface area contributed by atoms with Crippen LogP contribution in [-0.2, 0) is 11.3 Å². The highest BCUT2D eigenvalue weighted by Gasteiger charge is 2.43. The van der Waals surface area contributed by atoms with E-state index < -0.39 is 36.6 Å². The zero-order chi connectivity index (χ0) is 28.3. The molecule has 208 valence electrons. The van der Waals surface area contributed by atoms with Crippen molar-refractivity contribution in [2.75, 3.05) is 37.4 Å². The molecule has 40 heavy (non-hydrogen) atoms. The van der Waals surface area contributed by atoms with Gasteiger partial charge in [0.15, 0.2) is 0 Å². The maximum absolute atomic E-state index is 14.3. The molecule has 5 heterocycles. The third-order valence-electron chi connectivity index (χ3n) is 7.62. The molecular formula is C27H25F4N7O2. The molecular weight excluding hydrogens is 530 g/mol. The number of fused-ring (bicyclic) bond motifs is 4. The summed E-state index contributed by atoms with van der Waals surface area (Å²) in [5.41, 5.74) is 9.29. The Hall–Kier alpha value is -4.26. The van der Waals surface area contributed by atoms with Crippen molar-refractivity contribution in [1.29, 1.82) is 0 Å². The molecule has 0 aliphatic carbocycles. The Morgan fingerprint density at radius 1 is 1.20 bits per heavy atom. The van der Waals surface area contributed by atoms with Crippen molar-refractivity contribution in [2.24, 2.45) is 0 Å². The Kier molecular flexibility index (Phi) is 6.13. The number of carbonyl (C=O) groups is 1. The minimum Gasteiger partial charge on any atom is -0.382 e. The standard InChI is InChI=1S/C27H25F4N7O2/c1-14-7-18-20(38-13-33-9-21(38)25(32)35-18)8-16(14)26(39)36(2)22-11-40-10-19-15(22)3-4-23(34-19)37-6-5-17(24(28)29)27(30,31)12-37/h3-4,7-9,13,22H,5-6,10-12H2,1-2H3,(H2,32,35). The summed E-state index contributed by atoms with van der Waals surface area (Å²) < 4.78 is 62.1. The lowest BCUT2D eigenvalue weighted by Gasteiger charge is -2.36. The smallest absolute Gasteiger partial charge is 0.291 e. The Morgan fingerprint density at radius 3 is 2.75 bits per heavy atom. The third kappa shape index (κ3) is 4.21. The second kappa shape index (κ2) is 9.44. The van der Waals surface area contributed by atoms with E-state index in [4.69, 9.17) is 10.5 Å². The lowest BCUT2D eigenvalue weighted by atomic mass is 9.99. The van der Waals surface area contributed by atoms with Crippen LogP contribution in [0.1, 0.15) is 39.6 Å². The fourth-order valence-electron chi connectivity index (χ4n) is 5.43. The lowest BCUT2D eigenvalue weighted by molar-refractivity contribution is 0.0298. The number of imidazole rings is 1. The number of pyridine rings is 1. The van der Waals surface area contributed by atoms with Crippen molar-refractivity contribution in [3.8, 4) is 0 Å². The van der Waals surface area contributed by atoms with Crippen LogP contribution in [-0.4, -0.2) is 62.8 Å². The fraction of sp³-hybridized carbons (Fsp3) is 0.333. The maximum atomic E-state index is 14.3. The van der Waals surface area contributed by atoms with E-state index in [1.165, 1.54) is 4.90 Å². The second-order valence-electron chi connectivity index (χ2n) is 10.1. The van der Waals surface area contributed by atoms with Crippen LogP contribution < -0.4 is 10.6 Å². The van der Waals surface area contributed by atoms with Crippen LogP contribution in [0.4, 0.5) is 29.2 Å². The van der Waals surface area contributed by atoms with E-state index in [-0.39, 0.29) is 31.5 Å². The number of amides is 1. The predicted molar refractivity (Wildman–Crippen MR) is 139 cm³/mol. The molecule has 2 aliphatic heterocycles. The number of hydrogen-bond donors (Lipinski definition) is 1. The molecule has 0 spiro atoms. The number of nitrogen functional groups attached to an aromatic ring is 1. The number of piperidine rings is 1. The number of ether oxygens (including phenoxy) is 1. The quantitative estimate of drug-likeness (QED) is 0.371. The molecule has 1 unspecified atom stereocenters. The molecule has 0 radical (unpaired) electrons. The largest absolute Gasteiger partial charge is 0.382 e. The molecule has 9 nitrogen and oxygen atoms in total. The molecule has 1 aromatic carbocycles. The Balaban J connectivity index is 1.29. The summed E-state index contributed by atoms with van der Waals surface area (Å²) in [7, 11) is 1.67. The summed E-state index contributed by atoms with van der Waals surface area (Å²) in [6.07, 6.45) is 0.431. The van der Waals surface area contributed by atoms with Gasteiger partial charge in [0.05, 0.1) is 60.6 Å². The SMILES string of the molecule is Cc1cc2nc(N)c3cncn3c2cc1C(=O)N(C)C1COCc2nc(N3CCC(=C(F)F)C(F)(F)C3)ccc21. The highest BCUT2D eigenvalue weighted by atomic mass is 19.3. The summed E-state index contributed by atoms with van der Waals surface area (Å²) in [6, 6.07) is 6.40. The highest BCUT2D eigenvalue weighted by molar-refractivity contribution is 5.99. The van der Waals surface area contributed by atoms with Gasteiger partial charge in [0, 0.05) is 24.7 Å². The molecule has 0 saturated carbocycles. The monoisotopic (exact) mass is 555 g/mol. The van der Waals surface area contributed by atoms with E-state index in [9.17, 15) is 22.4 Å². The number of nitrogens with two attached hydrogens (primary N) is 1. The average Bonchev–Trinajstić information content (AvgIpc) is 3.41. The fourth-order valence-corrected chi connectivity index (χ4v) is 5.43. The van der Waals surface area contributed by atoms with Crippen molar-refractivity contribution >= 4 is 34.1 Å². The molecule has 3 aromatic heterocycles. The van der Waals surface area contributed by atoms with E-state index in [1.807, 2.05) is 6.92 Å². The molecule has 1 fully saturated rings. The molecule has 2 aliphatic rings. The first-order chi connectivity index (χ1) is 19.0. The molecule has 6 rings (SSSR count). The summed E-state index contributed by atoms with van der Waals surface area (Å²) in [6.45, 7) is 1.28.